The molecule has 0 aliphatic heterocycles. The molecule has 20 heavy (non-hydrogen) atoms. The van der Waals surface area contributed by atoms with Gasteiger partial charge in [0.2, 0.25) is 5.82 Å². The molecule has 0 radical (unpaired) electrons. The molecule has 0 bridgehead atoms. The molecule has 0 unspecified atom stereocenters. The Morgan fingerprint density at radius 2 is 1.95 bits per heavy atom. The van der Waals surface area contributed by atoms with Crippen molar-refractivity contribution in [1.29, 1.82) is 0 Å². The summed E-state index contributed by atoms with van der Waals surface area (Å²) in [6, 6.07) is 12.1. The van der Waals surface area contributed by atoms with Gasteiger partial charge in [0.1, 0.15) is 5.82 Å². The first kappa shape index (κ1) is 12.3. The molecule has 5 heteroatoms. The predicted octanol–water partition coefficient (Wildman–Crippen LogP) is 3.43. The molecule has 0 saturated carbocycles. The number of nitrogen functional groups attached to an aromatic ring is 1. The molecular weight excluding hydrogens is 257 g/mol. The Morgan fingerprint density at radius 1 is 1.15 bits per heavy atom. The van der Waals surface area contributed by atoms with Crippen LogP contribution in [-0.4, -0.2) is 10.1 Å². The third kappa shape index (κ3) is 2.14. The van der Waals surface area contributed by atoms with E-state index in [1.807, 2.05) is 31.2 Å². The van der Waals surface area contributed by atoms with Gasteiger partial charge in [0.05, 0.1) is 5.69 Å². The molecule has 3 rings (SSSR count). The maximum Gasteiger partial charge on any atom is 0.258 e. The molecule has 0 spiro atoms. The number of anilines is 1. The Balaban J connectivity index is 2.02. The molecular formula is C15H12FN3O. The van der Waals surface area contributed by atoms with Crippen molar-refractivity contribution in [2.24, 2.45) is 0 Å². The summed E-state index contributed by atoms with van der Waals surface area (Å²) >= 11 is 0. The van der Waals surface area contributed by atoms with Crippen molar-refractivity contribution in [1.82, 2.24) is 10.1 Å². The van der Waals surface area contributed by atoms with Gasteiger partial charge in [0.15, 0.2) is 0 Å². The molecule has 3 aromatic rings. The number of nitrogens with two attached hydrogens (primary N) is 1. The predicted molar refractivity (Wildman–Crippen MR) is 74.3 cm³/mol. The third-order valence-corrected chi connectivity index (χ3v) is 3.06. The largest absolute Gasteiger partial charge is 0.396 e. The summed E-state index contributed by atoms with van der Waals surface area (Å²) in [5, 5.41) is 3.94. The first-order valence-corrected chi connectivity index (χ1v) is 6.10. The van der Waals surface area contributed by atoms with Crippen LogP contribution in [-0.2, 0) is 0 Å². The maximum atomic E-state index is 13.4. The number of rotatable bonds is 2. The number of hydrogen-bond donors (Lipinski definition) is 1. The molecule has 1 aromatic heterocycles. The van der Waals surface area contributed by atoms with Crippen LogP contribution in [0.2, 0.25) is 0 Å². The number of hydrogen-bond acceptors (Lipinski definition) is 4. The van der Waals surface area contributed by atoms with E-state index < -0.39 is 5.82 Å². The summed E-state index contributed by atoms with van der Waals surface area (Å²) in [5.74, 6) is 0.246. The second-order valence-electron chi connectivity index (χ2n) is 4.47. The fourth-order valence-electron chi connectivity index (χ4n) is 1.93. The first-order valence-electron chi connectivity index (χ1n) is 6.10. The van der Waals surface area contributed by atoms with Gasteiger partial charge in [-0.2, -0.15) is 4.98 Å². The van der Waals surface area contributed by atoms with Crippen molar-refractivity contribution in [2.75, 3.05) is 5.73 Å². The van der Waals surface area contributed by atoms with Crippen LogP contribution in [0.15, 0.2) is 47.0 Å². The molecule has 4 nitrogen and oxygen atoms in total. The Hall–Kier alpha value is -2.69. The van der Waals surface area contributed by atoms with Gasteiger partial charge >= 0.3 is 0 Å². The van der Waals surface area contributed by atoms with Crippen LogP contribution in [0, 0.1) is 12.7 Å². The van der Waals surface area contributed by atoms with E-state index in [0.717, 1.165) is 11.1 Å². The van der Waals surface area contributed by atoms with Gasteiger partial charge in [0.25, 0.3) is 5.89 Å². The number of benzene rings is 2. The lowest BCUT2D eigenvalue weighted by molar-refractivity contribution is 0.432. The Labute approximate surface area is 115 Å². The Morgan fingerprint density at radius 3 is 2.70 bits per heavy atom. The summed E-state index contributed by atoms with van der Waals surface area (Å²) in [7, 11) is 0. The topological polar surface area (TPSA) is 64.9 Å². The highest BCUT2D eigenvalue weighted by Gasteiger charge is 2.13. The van der Waals surface area contributed by atoms with E-state index in [2.05, 4.69) is 10.1 Å². The standard InChI is InChI=1S/C15H12FN3O/c1-9-4-2-3-5-11(9)14-18-15(20-19-14)10-6-7-13(17)12(16)8-10/h2-8H,17H2,1H3. The van der Waals surface area contributed by atoms with Gasteiger partial charge in [-0.05, 0) is 30.7 Å². The van der Waals surface area contributed by atoms with E-state index in [4.69, 9.17) is 10.3 Å². The molecule has 0 aliphatic rings. The molecule has 0 saturated heterocycles. The van der Waals surface area contributed by atoms with E-state index in [9.17, 15) is 4.39 Å². The van der Waals surface area contributed by atoms with Crippen LogP contribution in [0.5, 0.6) is 0 Å². The summed E-state index contributed by atoms with van der Waals surface area (Å²) < 4.78 is 18.6. The molecule has 0 amide bonds. The van der Waals surface area contributed by atoms with Crippen molar-refractivity contribution < 1.29 is 8.91 Å². The van der Waals surface area contributed by atoms with Crippen molar-refractivity contribution >= 4 is 5.69 Å². The summed E-state index contributed by atoms with van der Waals surface area (Å²) in [6.07, 6.45) is 0. The SMILES string of the molecule is Cc1ccccc1-c1noc(-c2ccc(N)c(F)c2)n1. The zero-order valence-corrected chi connectivity index (χ0v) is 10.8. The molecule has 0 fully saturated rings. The van der Waals surface area contributed by atoms with Gasteiger partial charge in [-0.1, -0.05) is 29.4 Å². The summed E-state index contributed by atoms with van der Waals surface area (Å²) in [6.45, 7) is 1.97. The summed E-state index contributed by atoms with van der Waals surface area (Å²) in [5.41, 5.74) is 7.97. The normalized spacial score (nSPS) is 10.7. The minimum Gasteiger partial charge on any atom is -0.396 e. The lowest BCUT2D eigenvalue weighted by Gasteiger charge is -1.99. The highest BCUT2D eigenvalue weighted by atomic mass is 19.1. The maximum absolute atomic E-state index is 13.4. The molecule has 2 N–H and O–H groups in total. The van der Waals surface area contributed by atoms with Gasteiger partial charge in [-0.25, -0.2) is 4.39 Å². The smallest absolute Gasteiger partial charge is 0.258 e. The second-order valence-corrected chi connectivity index (χ2v) is 4.47. The van der Waals surface area contributed by atoms with E-state index in [1.54, 1.807) is 6.07 Å². The monoisotopic (exact) mass is 269 g/mol. The molecule has 0 atom stereocenters. The van der Waals surface area contributed by atoms with Crippen molar-refractivity contribution in [2.45, 2.75) is 6.92 Å². The molecule has 2 aromatic carbocycles. The zero-order chi connectivity index (χ0) is 14.1. The van der Waals surface area contributed by atoms with E-state index >= 15 is 0 Å². The number of aromatic nitrogens is 2. The van der Waals surface area contributed by atoms with Gasteiger partial charge in [0, 0.05) is 11.1 Å². The van der Waals surface area contributed by atoms with Gasteiger partial charge < -0.3 is 10.3 Å². The lowest BCUT2D eigenvalue weighted by atomic mass is 10.1. The van der Waals surface area contributed by atoms with Crippen LogP contribution in [0.4, 0.5) is 10.1 Å². The highest BCUT2D eigenvalue weighted by molar-refractivity contribution is 5.63. The van der Waals surface area contributed by atoms with E-state index in [1.165, 1.54) is 12.1 Å². The van der Waals surface area contributed by atoms with Crippen molar-refractivity contribution in [3.63, 3.8) is 0 Å². The number of aryl methyl sites for hydroxylation is 1. The first-order chi connectivity index (χ1) is 9.65. The van der Waals surface area contributed by atoms with Crippen LogP contribution in [0.1, 0.15) is 5.56 Å². The minimum atomic E-state index is -0.502. The number of halogens is 1. The van der Waals surface area contributed by atoms with Crippen molar-refractivity contribution in [3.8, 4) is 22.8 Å². The molecule has 100 valence electrons. The van der Waals surface area contributed by atoms with Crippen molar-refractivity contribution in [3.05, 3.63) is 53.8 Å². The Bertz CT molecular complexity index is 767. The van der Waals surface area contributed by atoms with Gasteiger partial charge in [-0.15, -0.1) is 0 Å². The third-order valence-electron chi connectivity index (χ3n) is 3.06. The van der Waals surface area contributed by atoms with Crippen LogP contribution in [0.25, 0.3) is 22.8 Å². The Kier molecular flexibility index (Phi) is 2.95. The molecule has 1 heterocycles. The number of nitrogens with zero attached hydrogens (tertiary/aromatic N) is 2. The fraction of sp³-hybridized carbons (Fsp3) is 0.0667. The quantitative estimate of drug-likeness (QED) is 0.724. The van der Waals surface area contributed by atoms with E-state index in [-0.39, 0.29) is 11.6 Å². The van der Waals surface area contributed by atoms with Crippen LogP contribution in [0.3, 0.4) is 0 Å². The fourth-order valence-corrected chi connectivity index (χ4v) is 1.93. The van der Waals surface area contributed by atoms with Crippen LogP contribution >= 0.6 is 0 Å². The molecule has 0 aliphatic carbocycles. The second kappa shape index (κ2) is 4.77. The minimum absolute atomic E-state index is 0.0902. The van der Waals surface area contributed by atoms with E-state index in [0.29, 0.717) is 11.4 Å². The average Bonchev–Trinajstić information content (AvgIpc) is 2.92. The zero-order valence-electron chi connectivity index (χ0n) is 10.8. The summed E-state index contributed by atoms with van der Waals surface area (Å²) in [4.78, 5) is 4.30. The van der Waals surface area contributed by atoms with Gasteiger partial charge in [-0.3, -0.25) is 0 Å². The highest BCUT2D eigenvalue weighted by Crippen LogP contribution is 2.25. The van der Waals surface area contributed by atoms with Crippen LogP contribution < -0.4 is 5.73 Å². The lowest BCUT2D eigenvalue weighted by Crippen LogP contribution is -1.90. The average molecular weight is 269 g/mol.